The fraction of sp³-hybridized carbons (Fsp3) is 0.720. The van der Waals surface area contributed by atoms with Crippen LogP contribution < -0.4 is 5.32 Å². The Morgan fingerprint density at radius 3 is 2.68 bits per heavy atom. The first kappa shape index (κ1) is 26.1. The van der Waals surface area contributed by atoms with Crippen molar-refractivity contribution in [3.63, 3.8) is 0 Å². The summed E-state index contributed by atoms with van der Waals surface area (Å²) < 4.78 is 5.09. The molecule has 5 atom stereocenters. The quantitative estimate of drug-likeness (QED) is 0.255. The molecular weight excluding hydrogens is 414 g/mol. The third-order valence-electron chi connectivity index (χ3n) is 6.77. The average molecular weight is 454 g/mol. The highest BCUT2D eigenvalue weighted by molar-refractivity contribution is 6.29. The van der Waals surface area contributed by atoms with E-state index in [1.165, 1.54) is 32.1 Å². The van der Waals surface area contributed by atoms with Crippen LogP contribution >= 0.6 is 11.6 Å². The summed E-state index contributed by atoms with van der Waals surface area (Å²) in [5.74, 6) is 0.633. The lowest BCUT2D eigenvalue weighted by Crippen LogP contribution is -2.56. The van der Waals surface area contributed by atoms with E-state index in [2.05, 4.69) is 18.3 Å². The molecular formula is C25H40ClNO4. The molecule has 0 aromatic carbocycles. The second-order valence-corrected chi connectivity index (χ2v) is 9.54. The van der Waals surface area contributed by atoms with Crippen molar-refractivity contribution in [2.45, 2.75) is 89.8 Å². The topological polar surface area (TPSA) is 78.8 Å². The lowest BCUT2D eigenvalue weighted by Gasteiger charge is -2.45. The Kier molecular flexibility index (Phi) is 10.8. The van der Waals surface area contributed by atoms with Gasteiger partial charge in [0.25, 0.3) is 0 Å². The van der Waals surface area contributed by atoms with Crippen LogP contribution in [0.5, 0.6) is 0 Å². The predicted molar refractivity (Wildman–Crippen MR) is 126 cm³/mol. The summed E-state index contributed by atoms with van der Waals surface area (Å²) >= 11 is 6.00. The summed E-state index contributed by atoms with van der Waals surface area (Å²) in [6.45, 7) is 6.27. The number of hydrogen-bond donors (Lipinski definition) is 3. The molecule has 2 rings (SSSR count). The predicted octanol–water partition coefficient (Wildman–Crippen LogP) is 4.63. The van der Waals surface area contributed by atoms with Crippen LogP contribution in [0.25, 0.3) is 0 Å². The van der Waals surface area contributed by atoms with Crippen molar-refractivity contribution in [2.24, 2.45) is 11.8 Å². The van der Waals surface area contributed by atoms with E-state index >= 15 is 0 Å². The zero-order valence-electron chi connectivity index (χ0n) is 19.3. The lowest BCUT2D eigenvalue weighted by atomic mass is 9.72. The molecule has 5 nitrogen and oxygen atoms in total. The molecule has 2 aliphatic rings. The number of halogens is 1. The summed E-state index contributed by atoms with van der Waals surface area (Å²) in [5, 5.41) is 23.6. The monoisotopic (exact) mass is 453 g/mol. The van der Waals surface area contributed by atoms with E-state index in [9.17, 15) is 9.90 Å². The van der Waals surface area contributed by atoms with Crippen molar-refractivity contribution in [3.8, 4) is 0 Å². The highest BCUT2D eigenvalue weighted by Crippen LogP contribution is 2.46. The molecule has 1 saturated carbocycles. The maximum atomic E-state index is 11.9. The molecule has 3 N–H and O–H groups in total. The molecule has 1 aliphatic heterocycles. The minimum atomic E-state index is -0.734. The van der Waals surface area contributed by atoms with Gasteiger partial charge in [-0.2, -0.15) is 0 Å². The van der Waals surface area contributed by atoms with Gasteiger partial charge in [-0.05, 0) is 63.9 Å². The third-order valence-corrected chi connectivity index (χ3v) is 7.08. The number of ether oxygens (including phenoxy) is 1. The van der Waals surface area contributed by atoms with Gasteiger partial charge in [0.05, 0.1) is 12.7 Å². The number of nitrogens with one attached hydrogen (secondary N) is 1. The third kappa shape index (κ3) is 7.74. The lowest BCUT2D eigenvalue weighted by molar-refractivity contribution is -0.138. The molecule has 0 radical (unpaired) electrons. The van der Waals surface area contributed by atoms with Gasteiger partial charge in [-0.25, -0.2) is 4.79 Å². The van der Waals surface area contributed by atoms with Gasteiger partial charge in [-0.1, -0.05) is 49.6 Å². The van der Waals surface area contributed by atoms with Crippen LogP contribution in [0, 0.1) is 11.8 Å². The first-order chi connectivity index (χ1) is 14.8. The molecule has 0 aromatic rings. The van der Waals surface area contributed by atoms with Crippen molar-refractivity contribution >= 4 is 17.6 Å². The van der Waals surface area contributed by atoms with Crippen molar-refractivity contribution in [1.82, 2.24) is 5.32 Å². The van der Waals surface area contributed by atoms with Gasteiger partial charge in [0.15, 0.2) is 0 Å². The molecule has 176 valence electrons. The summed E-state index contributed by atoms with van der Waals surface area (Å²) in [7, 11) is 0. The van der Waals surface area contributed by atoms with Crippen LogP contribution in [0.2, 0.25) is 0 Å². The van der Waals surface area contributed by atoms with Crippen molar-refractivity contribution in [3.05, 3.63) is 34.9 Å². The molecule has 0 amide bonds. The Balaban J connectivity index is 2.00. The van der Waals surface area contributed by atoms with E-state index < -0.39 is 6.10 Å². The molecule has 1 spiro atoms. The molecule has 0 bridgehead atoms. The van der Waals surface area contributed by atoms with E-state index in [0.29, 0.717) is 41.5 Å². The van der Waals surface area contributed by atoms with Gasteiger partial charge in [0.1, 0.15) is 0 Å². The molecule has 1 aliphatic carbocycles. The SMILES string of the molecule is CCOC(=O)/C(C)=C/C[C@H]1CCC[C@]2(CCC[C@@H]2[C@@H](C)/C=C/[C@@H](O)/C=C(\Cl)CCO)N1. The van der Waals surface area contributed by atoms with E-state index in [0.717, 1.165) is 12.8 Å². The molecule has 1 heterocycles. The molecule has 6 heteroatoms. The van der Waals surface area contributed by atoms with Crippen molar-refractivity contribution in [2.75, 3.05) is 13.2 Å². The first-order valence-electron chi connectivity index (χ1n) is 11.8. The number of rotatable bonds is 10. The highest BCUT2D eigenvalue weighted by atomic mass is 35.5. The Morgan fingerprint density at radius 1 is 1.29 bits per heavy atom. The number of carbonyl (C=O) groups excluding carboxylic acids is 1. The van der Waals surface area contributed by atoms with Crippen LogP contribution in [0.4, 0.5) is 0 Å². The van der Waals surface area contributed by atoms with Crippen LogP contribution in [0.15, 0.2) is 34.9 Å². The van der Waals surface area contributed by atoms with Crippen LogP contribution in [0.3, 0.4) is 0 Å². The first-order valence-corrected chi connectivity index (χ1v) is 12.1. The number of piperidine rings is 1. The molecule has 0 unspecified atom stereocenters. The van der Waals surface area contributed by atoms with Gasteiger partial charge >= 0.3 is 5.97 Å². The fourth-order valence-electron chi connectivity index (χ4n) is 5.25. The summed E-state index contributed by atoms with van der Waals surface area (Å²) in [6, 6.07) is 0.376. The Labute approximate surface area is 192 Å². The fourth-order valence-corrected chi connectivity index (χ4v) is 5.46. The van der Waals surface area contributed by atoms with Crippen molar-refractivity contribution in [1.29, 1.82) is 0 Å². The number of hydrogen-bond acceptors (Lipinski definition) is 5. The summed E-state index contributed by atoms with van der Waals surface area (Å²) in [5.41, 5.74) is 0.817. The van der Waals surface area contributed by atoms with Gasteiger partial charge in [-0.15, -0.1) is 0 Å². The number of esters is 1. The van der Waals surface area contributed by atoms with Crippen LogP contribution in [-0.2, 0) is 9.53 Å². The number of carbonyl (C=O) groups is 1. The molecule has 0 aromatic heterocycles. The normalized spacial score (nSPS) is 29.5. The molecule has 1 saturated heterocycles. The van der Waals surface area contributed by atoms with E-state index in [-0.39, 0.29) is 18.1 Å². The van der Waals surface area contributed by atoms with E-state index in [4.69, 9.17) is 21.4 Å². The van der Waals surface area contributed by atoms with Crippen LogP contribution in [-0.4, -0.2) is 47.1 Å². The zero-order valence-corrected chi connectivity index (χ0v) is 20.0. The average Bonchev–Trinajstić information content (AvgIpc) is 3.13. The van der Waals surface area contributed by atoms with E-state index in [1.807, 2.05) is 26.0 Å². The van der Waals surface area contributed by atoms with Gasteiger partial charge in [0.2, 0.25) is 0 Å². The van der Waals surface area contributed by atoms with Crippen LogP contribution in [0.1, 0.15) is 72.1 Å². The number of aliphatic hydroxyl groups excluding tert-OH is 2. The Bertz CT molecular complexity index is 674. The molecule has 31 heavy (non-hydrogen) atoms. The maximum absolute atomic E-state index is 11.9. The number of allylic oxidation sites excluding steroid dienone is 1. The Morgan fingerprint density at radius 2 is 2.00 bits per heavy atom. The number of aliphatic hydroxyl groups is 2. The zero-order chi connectivity index (χ0) is 22.9. The largest absolute Gasteiger partial charge is 0.463 e. The second-order valence-electron chi connectivity index (χ2n) is 9.05. The van der Waals surface area contributed by atoms with Gasteiger partial charge in [0, 0.05) is 35.2 Å². The highest BCUT2D eigenvalue weighted by Gasteiger charge is 2.46. The minimum absolute atomic E-state index is 0.0197. The standard InChI is InChI=1S/C25H40ClNO4/c1-4-31-24(30)19(3)9-11-21-7-5-14-25(27-21)15-6-8-23(25)18(2)10-12-22(29)17-20(26)13-16-28/h9-10,12,17-18,21-23,27-29H,4-8,11,13-16H2,1-3H3/b12-10+,19-9+,20-17-/t18-,21+,22+,23+,25+/m0/s1. The maximum Gasteiger partial charge on any atom is 0.333 e. The van der Waals surface area contributed by atoms with Gasteiger partial charge < -0.3 is 20.3 Å². The second kappa shape index (κ2) is 12.8. The molecule has 2 fully saturated rings. The summed E-state index contributed by atoms with van der Waals surface area (Å²) in [6.07, 6.45) is 15.1. The summed E-state index contributed by atoms with van der Waals surface area (Å²) in [4.78, 5) is 11.9. The van der Waals surface area contributed by atoms with Gasteiger partial charge in [-0.3, -0.25) is 0 Å². The minimum Gasteiger partial charge on any atom is -0.463 e. The van der Waals surface area contributed by atoms with Crippen molar-refractivity contribution < 1.29 is 19.7 Å². The Hall–Kier alpha value is -1.14. The smallest absolute Gasteiger partial charge is 0.333 e. The van der Waals surface area contributed by atoms with E-state index in [1.54, 1.807) is 6.08 Å².